The smallest absolute Gasteiger partial charge is 0.451 e. The molecule has 0 radical (unpaired) electrons. The maximum atomic E-state index is 12.8. The minimum absolute atomic E-state index is 0.0948. The van der Waals surface area contributed by atoms with Gasteiger partial charge < -0.3 is 9.67 Å². The van der Waals surface area contributed by atoms with Gasteiger partial charge in [-0.15, -0.1) is 10.2 Å². The highest BCUT2D eigenvalue weighted by Gasteiger charge is 2.41. The summed E-state index contributed by atoms with van der Waals surface area (Å²) < 4.78 is 65.1. The van der Waals surface area contributed by atoms with Gasteiger partial charge in [-0.25, -0.2) is 8.42 Å². The quantitative estimate of drug-likeness (QED) is 0.881. The number of hydrogen-bond acceptors (Lipinski definition) is 5. The zero-order valence-electron chi connectivity index (χ0n) is 11.5. The molecule has 11 heteroatoms. The summed E-state index contributed by atoms with van der Waals surface area (Å²) in [5.74, 6) is -1.66. The minimum atomic E-state index is -4.65. The highest BCUT2D eigenvalue weighted by Crippen LogP contribution is 2.31. The van der Waals surface area contributed by atoms with Crippen molar-refractivity contribution in [2.24, 2.45) is 0 Å². The van der Waals surface area contributed by atoms with E-state index in [4.69, 9.17) is 0 Å². The lowest BCUT2D eigenvalue weighted by Gasteiger charge is -2.27. The fraction of sp³-hybridized carbons (Fsp3) is 0.333. The third-order valence-electron chi connectivity index (χ3n) is 3.45. The fourth-order valence-corrected chi connectivity index (χ4v) is 3.83. The molecule has 1 aliphatic heterocycles. The average molecular weight is 348 g/mol. The van der Waals surface area contributed by atoms with Crippen LogP contribution in [0.3, 0.4) is 0 Å². The van der Waals surface area contributed by atoms with Gasteiger partial charge in [0.1, 0.15) is 16.5 Å². The van der Waals surface area contributed by atoms with Crippen LogP contribution in [0.4, 0.5) is 13.2 Å². The molecule has 0 spiro atoms. The Labute approximate surface area is 129 Å². The topological polar surface area (TPSA) is 88.3 Å². The first kappa shape index (κ1) is 15.7. The molecular formula is C12H11F3N4O3S. The van der Waals surface area contributed by atoms with E-state index < -0.39 is 27.8 Å². The lowest BCUT2D eigenvalue weighted by atomic mass is 10.3. The van der Waals surface area contributed by atoms with E-state index in [0.29, 0.717) is 0 Å². The molecule has 2 aromatic rings. The Morgan fingerprint density at radius 3 is 2.48 bits per heavy atom. The third-order valence-corrected chi connectivity index (χ3v) is 5.35. The Hall–Kier alpha value is -2.14. The van der Waals surface area contributed by atoms with E-state index in [0.717, 1.165) is 8.87 Å². The van der Waals surface area contributed by atoms with E-state index >= 15 is 0 Å². The van der Waals surface area contributed by atoms with Gasteiger partial charge in [-0.2, -0.15) is 17.5 Å². The molecule has 0 fully saturated rings. The van der Waals surface area contributed by atoms with Crippen molar-refractivity contribution in [1.82, 2.24) is 19.1 Å². The minimum Gasteiger partial charge on any atom is -0.507 e. The number of halogens is 3. The van der Waals surface area contributed by atoms with Gasteiger partial charge in [-0.05, 0) is 12.1 Å². The molecule has 7 nitrogen and oxygen atoms in total. The van der Waals surface area contributed by atoms with Crippen molar-refractivity contribution in [2.45, 2.75) is 24.2 Å². The molecule has 1 N–H and O–H groups in total. The van der Waals surface area contributed by atoms with Crippen LogP contribution in [0.25, 0.3) is 0 Å². The Kier molecular flexibility index (Phi) is 3.56. The molecule has 0 unspecified atom stereocenters. The largest absolute Gasteiger partial charge is 0.507 e. The highest BCUT2D eigenvalue weighted by atomic mass is 32.2. The number of sulfonamides is 1. The molecule has 1 aliphatic rings. The number of fused-ring (bicyclic) bond motifs is 1. The van der Waals surface area contributed by atoms with Crippen LogP contribution in [0.2, 0.25) is 0 Å². The van der Waals surface area contributed by atoms with Crippen LogP contribution < -0.4 is 0 Å². The lowest BCUT2D eigenvalue weighted by Crippen LogP contribution is -2.39. The van der Waals surface area contributed by atoms with Crippen LogP contribution >= 0.6 is 0 Å². The van der Waals surface area contributed by atoms with Crippen LogP contribution in [0.15, 0.2) is 29.2 Å². The number of aromatic nitrogens is 3. The zero-order chi connectivity index (χ0) is 16.8. The fourth-order valence-electron chi connectivity index (χ4n) is 2.36. The van der Waals surface area contributed by atoms with Gasteiger partial charge in [-0.3, -0.25) is 0 Å². The molecule has 2 heterocycles. The highest BCUT2D eigenvalue weighted by molar-refractivity contribution is 7.89. The average Bonchev–Trinajstić information content (AvgIpc) is 2.90. The van der Waals surface area contributed by atoms with E-state index in [-0.39, 0.29) is 30.4 Å². The Balaban J connectivity index is 1.94. The Morgan fingerprint density at radius 2 is 1.83 bits per heavy atom. The predicted molar refractivity (Wildman–Crippen MR) is 70.7 cm³/mol. The lowest BCUT2D eigenvalue weighted by molar-refractivity contribution is -0.147. The van der Waals surface area contributed by atoms with Gasteiger partial charge in [0.15, 0.2) is 0 Å². The number of phenolic OH excluding ortho intramolecular Hbond substituents is 1. The number of benzene rings is 1. The summed E-state index contributed by atoms with van der Waals surface area (Å²) >= 11 is 0. The molecule has 0 saturated carbocycles. The first-order chi connectivity index (χ1) is 10.7. The summed E-state index contributed by atoms with van der Waals surface area (Å²) in [7, 11) is -4.04. The Bertz CT molecular complexity index is 847. The van der Waals surface area contributed by atoms with Crippen molar-refractivity contribution in [3.63, 3.8) is 0 Å². The summed E-state index contributed by atoms with van der Waals surface area (Å²) in [4.78, 5) is -0.302. The van der Waals surface area contributed by atoms with Gasteiger partial charge in [0.2, 0.25) is 15.8 Å². The maximum absolute atomic E-state index is 12.8. The number of para-hydroxylation sites is 1. The number of phenols is 1. The van der Waals surface area contributed by atoms with Gasteiger partial charge in [0.05, 0.1) is 6.54 Å². The van der Waals surface area contributed by atoms with E-state index in [2.05, 4.69) is 10.2 Å². The summed E-state index contributed by atoms with van der Waals surface area (Å²) in [6.45, 7) is -0.742. The van der Waals surface area contributed by atoms with Crippen LogP contribution in [-0.4, -0.2) is 39.1 Å². The standard InChI is InChI=1S/C12H11F3N4O3S/c13-12(14,15)11-17-16-10-7-18(5-6-19(10)11)23(21,22)9-4-2-1-3-8(9)20/h1-4,20H,5-7H2. The molecule has 0 bridgehead atoms. The van der Waals surface area contributed by atoms with E-state index in [1.54, 1.807) is 0 Å². The summed E-state index contributed by atoms with van der Waals surface area (Å²) in [6, 6.07) is 5.36. The first-order valence-electron chi connectivity index (χ1n) is 6.48. The van der Waals surface area contributed by atoms with Crippen molar-refractivity contribution >= 4 is 10.0 Å². The SMILES string of the molecule is O=S(=O)(c1ccccc1O)N1CCn2c(nnc2C(F)(F)F)C1. The summed E-state index contributed by atoms with van der Waals surface area (Å²) in [5.41, 5.74) is 0. The second-order valence-corrected chi connectivity index (χ2v) is 6.80. The van der Waals surface area contributed by atoms with Gasteiger partial charge in [0.25, 0.3) is 0 Å². The van der Waals surface area contributed by atoms with Gasteiger partial charge in [-0.1, -0.05) is 12.1 Å². The van der Waals surface area contributed by atoms with Crippen LogP contribution in [0.5, 0.6) is 5.75 Å². The summed E-state index contributed by atoms with van der Waals surface area (Å²) in [6.07, 6.45) is -4.65. The van der Waals surface area contributed by atoms with Crippen LogP contribution in [0, 0.1) is 0 Å². The predicted octanol–water partition coefficient (Wildman–Crippen LogP) is 1.21. The zero-order valence-corrected chi connectivity index (χ0v) is 12.3. The molecule has 124 valence electrons. The number of aromatic hydroxyl groups is 1. The molecule has 23 heavy (non-hydrogen) atoms. The van der Waals surface area contributed by atoms with Crippen molar-refractivity contribution < 1.29 is 26.7 Å². The molecule has 0 saturated heterocycles. The van der Waals surface area contributed by atoms with Crippen molar-refractivity contribution in [3.05, 3.63) is 35.9 Å². The van der Waals surface area contributed by atoms with Crippen molar-refractivity contribution in [3.8, 4) is 5.75 Å². The normalized spacial score (nSPS) is 16.3. The molecule has 1 aromatic carbocycles. The molecule has 1 aromatic heterocycles. The Morgan fingerprint density at radius 1 is 1.13 bits per heavy atom. The second-order valence-electron chi connectivity index (χ2n) is 4.90. The first-order valence-corrected chi connectivity index (χ1v) is 7.92. The molecular weight excluding hydrogens is 337 g/mol. The van der Waals surface area contributed by atoms with Crippen LogP contribution in [0.1, 0.15) is 11.6 Å². The maximum Gasteiger partial charge on any atom is 0.451 e. The monoisotopic (exact) mass is 348 g/mol. The van der Waals surface area contributed by atoms with Gasteiger partial charge in [0, 0.05) is 13.1 Å². The third kappa shape index (κ3) is 2.65. The molecule has 0 atom stereocenters. The second kappa shape index (κ2) is 5.20. The van der Waals surface area contributed by atoms with Gasteiger partial charge >= 0.3 is 6.18 Å². The molecule has 3 rings (SSSR count). The number of rotatable bonds is 2. The van der Waals surface area contributed by atoms with Crippen LogP contribution in [-0.2, 0) is 29.3 Å². The van der Waals surface area contributed by atoms with E-state index in [9.17, 15) is 26.7 Å². The number of alkyl halides is 3. The number of hydrogen-bond donors (Lipinski definition) is 1. The van der Waals surface area contributed by atoms with Crippen molar-refractivity contribution in [1.29, 1.82) is 0 Å². The number of nitrogens with zero attached hydrogens (tertiary/aromatic N) is 4. The van der Waals surface area contributed by atoms with E-state index in [1.165, 1.54) is 24.3 Å². The summed E-state index contributed by atoms with van der Waals surface area (Å²) in [5, 5.41) is 16.2. The van der Waals surface area contributed by atoms with E-state index in [1.807, 2.05) is 0 Å². The molecule has 0 amide bonds. The van der Waals surface area contributed by atoms with Crippen molar-refractivity contribution in [2.75, 3.05) is 6.54 Å². The molecule has 0 aliphatic carbocycles.